The van der Waals surface area contributed by atoms with Crippen molar-refractivity contribution in [3.8, 4) is 0 Å². The fraction of sp³-hybridized carbons (Fsp3) is 0.471. The Labute approximate surface area is 171 Å². The fourth-order valence-corrected chi connectivity index (χ4v) is 1.94. The molecule has 162 valence electrons. The molecule has 0 unspecified atom stereocenters. The van der Waals surface area contributed by atoms with Crippen LogP contribution in [0, 0.1) is 0 Å². The highest BCUT2D eigenvalue weighted by Crippen LogP contribution is 2.14. The van der Waals surface area contributed by atoms with E-state index in [1.165, 1.54) is 0 Å². The second-order valence-corrected chi connectivity index (χ2v) is 6.74. The first-order valence-electron chi connectivity index (χ1n) is 9.07. The fourth-order valence-electron chi connectivity index (χ4n) is 1.94. The molecule has 11 nitrogen and oxygen atoms in total. The molecule has 4 N–H and O–H groups in total. The van der Waals surface area contributed by atoms with Gasteiger partial charge in [-0.05, 0) is 18.4 Å². The van der Waals surface area contributed by atoms with Crippen molar-refractivity contribution in [2.45, 2.75) is 33.3 Å². The Kier molecular flexibility index (Phi) is 10.8. The van der Waals surface area contributed by atoms with Gasteiger partial charge in [0.1, 0.15) is 6.61 Å². The van der Waals surface area contributed by atoms with Gasteiger partial charge in [-0.1, -0.05) is 44.2 Å². The summed E-state index contributed by atoms with van der Waals surface area (Å²) in [5.41, 5.74) is 1.09. The van der Waals surface area contributed by atoms with Gasteiger partial charge in [-0.25, -0.2) is 5.06 Å². The second-order valence-electron chi connectivity index (χ2n) is 5.84. The summed E-state index contributed by atoms with van der Waals surface area (Å²) in [7, 11) is -2.87. The lowest BCUT2D eigenvalue weighted by atomic mass is 10.2. The molecule has 1 aromatic carbocycles. The highest BCUT2D eigenvalue weighted by atomic mass is 32.3. The number of aromatic nitrogens is 3. The van der Waals surface area contributed by atoms with Crippen molar-refractivity contribution in [1.29, 1.82) is 0 Å². The molecule has 0 atom stereocenters. The molecular weight excluding hydrogens is 400 g/mol. The third-order valence-corrected chi connectivity index (χ3v) is 3.24. The first kappa shape index (κ1) is 24.5. The van der Waals surface area contributed by atoms with E-state index in [1.807, 2.05) is 30.3 Å². The largest absolute Gasteiger partial charge is 0.394 e. The predicted molar refractivity (Wildman–Crippen MR) is 111 cm³/mol. The summed E-state index contributed by atoms with van der Waals surface area (Å²) in [6, 6.07) is 9.99. The highest BCUT2D eigenvalue weighted by Gasteiger charge is 2.11. The number of nitrogens with one attached hydrogen (secondary N) is 2. The first-order chi connectivity index (χ1) is 13.7. The van der Waals surface area contributed by atoms with Crippen molar-refractivity contribution < 1.29 is 22.4 Å². The van der Waals surface area contributed by atoms with Crippen molar-refractivity contribution in [3.63, 3.8) is 0 Å². The number of hydrogen-bond acceptors (Lipinski definition) is 9. The van der Waals surface area contributed by atoms with E-state index in [9.17, 15) is 0 Å². The van der Waals surface area contributed by atoms with Crippen LogP contribution in [0.15, 0.2) is 30.3 Å². The van der Waals surface area contributed by atoms with Gasteiger partial charge in [-0.15, -0.1) is 0 Å². The molecule has 0 fully saturated rings. The molecule has 0 spiro atoms. The molecule has 0 saturated carbocycles. The number of hydrogen-bond donors (Lipinski definition) is 4. The Hall–Kier alpha value is -2.54. The highest BCUT2D eigenvalue weighted by molar-refractivity contribution is 7.79. The van der Waals surface area contributed by atoms with E-state index in [1.54, 1.807) is 12.1 Å². The van der Waals surface area contributed by atoms with Crippen LogP contribution in [0.1, 0.15) is 32.3 Å². The summed E-state index contributed by atoms with van der Waals surface area (Å²) >= 11 is 0. The molecule has 0 aliphatic carbocycles. The molecule has 29 heavy (non-hydrogen) atoms. The average molecular weight is 429 g/mol. The third kappa shape index (κ3) is 11.8. The molecule has 0 bridgehead atoms. The number of benzene rings is 1. The van der Waals surface area contributed by atoms with Crippen molar-refractivity contribution in [2.24, 2.45) is 0 Å². The van der Waals surface area contributed by atoms with Crippen molar-refractivity contribution in [3.05, 3.63) is 35.9 Å². The molecule has 1 aromatic heterocycles. The Balaban J connectivity index is 0.000000749. The Bertz CT molecular complexity index is 788. The number of rotatable bonds is 10. The summed E-state index contributed by atoms with van der Waals surface area (Å²) < 4.78 is 31.6. The van der Waals surface area contributed by atoms with Crippen LogP contribution in [0.2, 0.25) is 0 Å². The van der Waals surface area contributed by atoms with Crippen LogP contribution in [0.25, 0.3) is 0 Å². The van der Waals surface area contributed by atoms with Gasteiger partial charge in [0.05, 0.1) is 0 Å². The van der Waals surface area contributed by atoms with E-state index in [0.29, 0.717) is 24.5 Å². The molecule has 1 heterocycles. The Morgan fingerprint density at radius 3 is 1.90 bits per heavy atom. The van der Waals surface area contributed by atoms with Crippen molar-refractivity contribution >= 4 is 28.2 Å². The van der Waals surface area contributed by atoms with Gasteiger partial charge in [-0.2, -0.15) is 23.4 Å². The molecule has 12 heteroatoms. The number of hydroxylamine groups is 1. The number of anilines is 3. The van der Waals surface area contributed by atoms with E-state index in [0.717, 1.165) is 31.5 Å². The van der Waals surface area contributed by atoms with Gasteiger partial charge in [0.25, 0.3) is 5.95 Å². The van der Waals surface area contributed by atoms with Crippen LogP contribution in [0.4, 0.5) is 17.8 Å². The zero-order chi connectivity index (χ0) is 21.7. The van der Waals surface area contributed by atoms with Crippen LogP contribution in [0.5, 0.6) is 0 Å². The van der Waals surface area contributed by atoms with Crippen molar-refractivity contribution in [2.75, 3.05) is 35.8 Å². The minimum absolute atomic E-state index is 0.457. The maximum Gasteiger partial charge on any atom is 0.394 e. The van der Waals surface area contributed by atoms with Crippen LogP contribution < -0.4 is 15.7 Å². The van der Waals surface area contributed by atoms with Crippen LogP contribution in [-0.2, 0) is 21.8 Å². The molecule has 0 aliphatic rings. The van der Waals surface area contributed by atoms with Gasteiger partial charge in [0, 0.05) is 20.1 Å². The molecule has 0 amide bonds. The van der Waals surface area contributed by atoms with Gasteiger partial charge in [0.2, 0.25) is 11.9 Å². The summed E-state index contributed by atoms with van der Waals surface area (Å²) in [6.45, 7) is 6.27. The van der Waals surface area contributed by atoms with Gasteiger partial charge in [-0.3, -0.25) is 13.9 Å². The van der Waals surface area contributed by atoms with Crippen LogP contribution in [0.3, 0.4) is 0 Å². The number of nitrogens with zero attached hydrogens (tertiary/aromatic N) is 4. The summed E-state index contributed by atoms with van der Waals surface area (Å²) in [5.74, 6) is 1.57. The predicted octanol–water partition coefficient (Wildman–Crippen LogP) is 2.43. The normalized spacial score (nSPS) is 10.7. The molecule has 2 rings (SSSR count). The lowest BCUT2D eigenvalue weighted by molar-refractivity contribution is 0.104. The summed E-state index contributed by atoms with van der Waals surface area (Å²) in [6.07, 6.45) is 2.00. The quantitative estimate of drug-likeness (QED) is 0.326. The van der Waals surface area contributed by atoms with Crippen LogP contribution >= 0.6 is 0 Å². The third-order valence-electron chi connectivity index (χ3n) is 3.24. The Morgan fingerprint density at radius 2 is 1.45 bits per heavy atom. The van der Waals surface area contributed by atoms with Gasteiger partial charge < -0.3 is 10.6 Å². The summed E-state index contributed by atoms with van der Waals surface area (Å²) in [4.78, 5) is 19.0. The van der Waals surface area contributed by atoms with Gasteiger partial charge in [0.15, 0.2) is 0 Å². The standard InChI is InChI=1S/C17H26N6O.H2O4S/c1-4-11-18-15-20-16(19-12-5-2)22-17(21-15)23(3)24-13-14-9-7-6-8-10-14;1-5(2,3)4/h6-10H,4-5,11-13H2,1-3H3,(H2,18,19,20,21,22);(H2,1,2,3,4). The smallest absolute Gasteiger partial charge is 0.354 e. The van der Waals surface area contributed by atoms with Gasteiger partial charge >= 0.3 is 10.4 Å². The van der Waals surface area contributed by atoms with Crippen LogP contribution in [-0.4, -0.2) is 52.6 Å². The van der Waals surface area contributed by atoms with E-state index < -0.39 is 10.4 Å². The SMILES string of the molecule is CCCNc1nc(NCCC)nc(N(C)OCc2ccccc2)n1.O=S(=O)(O)O. The monoisotopic (exact) mass is 428 g/mol. The van der Waals surface area contributed by atoms with E-state index in [4.69, 9.17) is 22.4 Å². The van der Waals surface area contributed by atoms with E-state index in [2.05, 4.69) is 39.4 Å². The molecular formula is C17H28N6O5S. The van der Waals surface area contributed by atoms with E-state index >= 15 is 0 Å². The molecule has 2 aromatic rings. The zero-order valence-electron chi connectivity index (χ0n) is 16.7. The van der Waals surface area contributed by atoms with E-state index in [-0.39, 0.29) is 0 Å². The molecule has 0 aliphatic heterocycles. The molecule has 0 radical (unpaired) electrons. The van der Waals surface area contributed by atoms with Crippen molar-refractivity contribution in [1.82, 2.24) is 15.0 Å². The first-order valence-corrected chi connectivity index (χ1v) is 10.5. The summed E-state index contributed by atoms with van der Waals surface area (Å²) in [5, 5.41) is 7.96. The zero-order valence-corrected chi connectivity index (χ0v) is 17.6. The Morgan fingerprint density at radius 1 is 0.966 bits per heavy atom. The average Bonchev–Trinajstić information content (AvgIpc) is 2.68. The minimum Gasteiger partial charge on any atom is -0.354 e. The maximum absolute atomic E-state index is 8.74. The molecule has 0 saturated heterocycles. The maximum atomic E-state index is 8.74. The second kappa shape index (κ2) is 12.8. The lowest BCUT2D eigenvalue weighted by Crippen LogP contribution is -2.22. The lowest BCUT2D eigenvalue weighted by Gasteiger charge is -2.18. The minimum atomic E-state index is -4.67. The topological polar surface area (TPSA) is 150 Å².